The predicted octanol–water partition coefficient (Wildman–Crippen LogP) is 5.16. The number of carbonyl (C=O) groups is 1. The zero-order chi connectivity index (χ0) is 23.2. The summed E-state index contributed by atoms with van der Waals surface area (Å²) in [6, 6.07) is 14.3. The fraction of sp³-hybridized carbons (Fsp3) is 0.200. The summed E-state index contributed by atoms with van der Waals surface area (Å²) in [6.07, 6.45) is 3.25. The van der Waals surface area contributed by atoms with Crippen LogP contribution in [0.3, 0.4) is 0 Å². The highest BCUT2D eigenvalue weighted by Gasteiger charge is 2.16. The fourth-order valence-electron chi connectivity index (χ4n) is 3.33. The Morgan fingerprint density at radius 1 is 0.970 bits per heavy atom. The first-order chi connectivity index (χ1) is 16.1. The van der Waals surface area contributed by atoms with Crippen molar-refractivity contribution >= 4 is 11.6 Å². The minimum Gasteiger partial charge on any atom is -0.490 e. The van der Waals surface area contributed by atoms with Gasteiger partial charge in [0, 0.05) is 34.8 Å². The minimum atomic E-state index is -0.206. The second-order valence-electron chi connectivity index (χ2n) is 7.17. The maximum Gasteiger partial charge on any atom is 0.258 e. The molecule has 0 saturated carbocycles. The molecule has 0 aliphatic heterocycles. The summed E-state index contributed by atoms with van der Waals surface area (Å²) in [5.74, 6) is 1.89. The van der Waals surface area contributed by atoms with Gasteiger partial charge in [-0.25, -0.2) is 0 Å². The van der Waals surface area contributed by atoms with E-state index in [9.17, 15) is 4.79 Å². The van der Waals surface area contributed by atoms with E-state index in [2.05, 4.69) is 20.4 Å². The molecule has 0 aliphatic carbocycles. The maximum absolute atomic E-state index is 12.6. The van der Waals surface area contributed by atoms with Crippen molar-refractivity contribution in [2.45, 2.75) is 20.8 Å². The van der Waals surface area contributed by atoms with Gasteiger partial charge in [-0.2, -0.15) is 4.98 Å². The van der Waals surface area contributed by atoms with Gasteiger partial charge in [-0.1, -0.05) is 11.2 Å². The molecule has 8 nitrogen and oxygen atoms in total. The van der Waals surface area contributed by atoms with Crippen molar-refractivity contribution in [1.82, 2.24) is 15.1 Å². The Balaban J connectivity index is 1.56. The van der Waals surface area contributed by atoms with Crippen molar-refractivity contribution in [1.29, 1.82) is 0 Å². The Hall–Kier alpha value is -4.20. The molecule has 0 atom stereocenters. The summed E-state index contributed by atoms with van der Waals surface area (Å²) < 4.78 is 16.8. The lowest BCUT2D eigenvalue weighted by atomic mass is 10.0. The molecule has 2 aromatic heterocycles. The third-order valence-corrected chi connectivity index (χ3v) is 4.88. The van der Waals surface area contributed by atoms with E-state index in [0.29, 0.717) is 47.7 Å². The van der Waals surface area contributed by atoms with Crippen LogP contribution in [0.25, 0.3) is 22.8 Å². The van der Waals surface area contributed by atoms with E-state index in [1.165, 1.54) is 0 Å². The summed E-state index contributed by atoms with van der Waals surface area (Å²) in [7, 11) is 0. The van der Waals surface area contributed by atoms with Crippen molar-refractivity contribution < 1.29 is 18.8 Å². The Morgan fingerprint density at radius 3 is 2.45 bits per heavy atom. The molecule has 2 heterocycles. The third-order valence-electron chi connectivity index (χ3n) is 4.88. The quantitative estimate of drug-likeness (QED) is 0.401. The van der Waals surface area contributed by atoms with E-state index in [1.807, 2.05) is 45.0 Å². The number of pyridine rings is 1. The van der Waals surface area contributed by atoms with Gasteiger partial charge in [0.1, 0.15) is 0 Å². The number of rotatable bonds is 8. The van der Waals surface area contributed by atoms with Gasteiger partial charge in [-0.05, 0) is 68.8 Å². The molecule has 0 fully saturated rings. The molecule has 0 saturated heterocycles. The average molecular weight is 444 g/mol. The van der Waals surface area contributed by atoms with Crippen molar-refractivity contribution in [3.63, 3.8) is 0 Å². The van der Waals surface area contributed by atoms with E-state index in [4.69, 9.17) is 14.0 Å². The van der Waals surface area contributed by atoms with Crippen LogP contribution in [-0.2, 0) is 0 Å². The SMILES string of the molecule is CCOc1ccc(-c2nc(-c3ccc(C(=O)Nc4ccncc4)cc3C)no2)cc1OCC. The molecule has 2 aromatic carbocycles. The Morgan fingerprint density at radius 2 is 1.73 bits per heavy atom. The number of anilines is 1. The van der Waals surface area contributed by atoms with E-state index in [1.54, 1.807) is 36.7 Å². The number of hydrogen-bond donors (Lipinski definition) is 1. The lowest BCUT2D eigenvalue weighted by Crippen LogP contribution is -2.12. The van der Waals surface area contributed by atoms with Crippen LogP contribution in [0.2, 0.25) is 0 Å². The molecule has 1 N–H and O–H groups in total. The monoisotopic (exact) mass is 444 g/mol. The number of hydrogen-bond acceptors (Lipinski definition) is 7. The lowest BCUT2D eigenvalue weighted by Gasteiger charge is -2.11. The summed E-state index contributed by atoms with van der Waals surface area (Å²) in [5.41, 5.74) is 3.57. The van der Waals surface area contributed by atoms with E-state index in [-0.39, 0.29) is 5.91 Å². The van der Waals surface area contributed by atoms with Gasteiger partial charge in [0.15, 0.2) is 11.5 Å². The van der Waals surface area contributed by atoms with Crippen LogP contribution >= 0.6 is 0 Å². The molecule has 0 aliphatic rings. The Bertz CT molecular complexity index is 1250. The molecule has 33 heavy (non-hydrogen) atoms. The molecule has 0 bridgehead atoms. The number of aromatic nitrogens is 3. The highest BCUT2D eigenvalue weighted by Crippen LogP contribution is 2.33. The third kappa shape index (κ3) is 5.01. The number of nitrogens with one attached hydrogen (secondary N) is 1. The number of aryl methyl sites for hydroxylation is 1. The topological polar surface area (TPSA) is 99.4 Å². The minimum absolute atomic E-state index is 0.206. The Kier molecular flexibility index (Phi) is 6.64. The van der Waals surface area contributed by atoms with Gasteiger partial charge in [-0.3, -0.25) is 9.78 Å². The highest BCUT2D eigenvalue weighted by atomic mass is 16.5. The van der Waals surface area contributed by atoms with Gasteiger partial charge in [0.05, 0.1) is 13.2 Å². The first-order valence-electron chi connectivity index (χ1n) is 10.6. The number of ether oxygens (including phenoxy) is 2. The van der Waals surface area contributed by atoms with Crippen molar-refractivity contribution in [3.05, 3.63) is 72.1 Å². The molecule has 0 radical (unpaired) electrons. The van der Waals surface area contributed by atoms with Gasteiger partial charge in [0.2, 0.25) is 5.82 Å². The van der Waals surface area contributed by atoms with Crippen LogP contribution in [-0.4, -0.2) is 34.2 Å². The van der Waals surface area contributed by atoms with Crippen LogP contribution in [0.4, 0.5) is 5.69 Å². The van der Waals surface area contributed by atoms with E-state index in [0.717, 1.165) is 16.7 Å². The molecular formula is C25H24N4O4. The fourth-order valence-corrected chi connectivity index (χ4v) is 3.33. The number of benzene rings is 2. The first kappa shape index (κ1) is 22.0. The van der Waals surface area contributed by atoms with E-state index >= 15 is 0 Å². The van der Waals surface area contributed by atoms with Gasteiger partial charge >= 0.3 is 0 Å². The zero-order valence-corrected chi connectivity index (χ0v) is 18.7. The molecule has 4 rings (SSSR count). The van der Waals surface area contributed by atoms with Crippen LogP contribution in [0.15, 0.2) is 65.4 Å². The standard InChI is InChI=1S/C25H24N4O4/c1-4-31-21-9-7-18(15-22(21)32-5-2)25-28-23(29-33-25)20-8-6-17(14-16(20)3)24(30)27-19-10-12-26-13-11-19/h6-15H,4-5H2,1-3H3,(H,26,27,30). The molecule has 8 heteroatoms. The average Bonchev–Trinajstić information content (AvgIpc) is 3.31. The zero-order valence-electron chi connectivity index (χ0n) is 18.7. The number of carbonyl (C=O) groups excluding carboxylic acids is 1. The van der Waals surface area contributed by atoms with Crippen LogP contribution < -0.4 is 14.8 Å². The first-order valence-corrected chi connectivity index (χ1v) is 10.6. The lowest BCUT2D eigenvalue weighted by molar-refractivity contribution is 0.102. The second-order valence-corrected chi connectivity index (χ2v) is 7.17. The molecule has 0 spiro atoms. The van der Waals surface area contributed by atoms with Crippen molar-refractivity contribution in [2.75, 3.05) is 18.5 Å². The summed E-state index contributed by atoms with van der Waals surface area (Å²) in [5, 5.41) is 6.98. The van der Waals surface area contributed by atoms with Crippen molar-refractivity contribution in [3.8, 4) is 34.3 Å². The predicted molar refractivity (Wildman–Crippen MR) is 124 cm³/mol. The normalized spacial score (nSPS) is 10.6. The van der Waals surface area contributed by atoms with Crippen LogP contribution in [0.1, 0.15) is 29.8 Å². The van der Waals surface area contributed by atoms with Crippen LogP contribution in [0, 0.1) is 6.92 Å². The number of nitrogens with zero attached hydrogens (tertiary/aromatic N) is 3. The molecular weight excluding hydrogens is 420 g/mol. The molecule has 1 amide bonds. The second kappa shape index (κ2) is 9.95. The smallest absolute Gasteiger partial charge is 0.258 e. The van der Waals surface area contributed by atoms with Crippen LogP contribution in [0.5, 0.6) is 11.5 Å². The molecule has 168 valence electrons. The molecule has 4 aromatic rings. The summed E-state index contributed by atoms with van der Waals surface area (Å²) >= 11 is 0. The Labute approximate surface area is 191 Å². The highest BCUT2D eigenvalue weighted by molar-refractivity contribution is 6.04. The largest absolute Gasteiger partial charge is 0.490 e. The van der Waals surface area contributed by atoms with Crippen molar-refractivity contribution in [2.24, 2.45) is 0 Å². The van der Waals surface area contributed by atoms with Gasteiger partial charge in [0.25, 0.3) is 11.8 Å². The summed E-state index contributed by atoms with van der Waals surface area (Å²) in [4.78, 5) is 21.1. The molecule has 0 unspecified atom stereocenters. The number of amides is 1. The van der Waals surface area contributed by atoms with Gasteiger partial charge < -0.3 is 19.3 Å². The van der Waals surface area contributed by atoms with E-state index < -0.39 is 0 Å². The maximum atomic E-state index is 12.6. The van der Waals surface area contributed by atoms with Gasteiger partial charge in [-0.15, -0.1) is 0 Å². The summed E-state index contributed by atoms with van der Waals surface area (Å²) in [6.45, 7) is 6.79.